The Morgan fingerprint density at radius 1 is 1.06 bits per heavy atom. The van der Waals surface area contributed by atoms with Crippen molar-refractivity contribution in [2.75, 3.05) is 12.3 Å². The van der Waals surface area contributed by atoms with Crippen LogP contribution >= 0.6 is 0 Å². The van der Waals surface area contributed by atoms with Crippen LogP contribution in [0.1, 0.15) is 11.9 Å². The highest BCUT2D eigenvalue weighted by atomic mass is 16.6. The largest absolute Gasteiger partial charge is 0.399 e. The summed E-state index contributed by atoms with van der Waals surface area (Å²) in [6.45, 7) is -0.632. The van der Waals surface area contributed by atoms with Gasteiger partial charge in [0.1, 0.15) is 18.3 Å². The van der Waals surface area contributed by atoms with Crippen LogP contribution in [0.25, 0.3) is 11.1 Å². The molecular weight excluding hydrogens is 404 g/mol. The van der Waals surface area contributed by atoms with Crippen LogP contribution in [-0.4, -0.2) is 54.4 Å². The summed E-state index contributed by atoms with van der Waals surface area (Å²) in [5, 5.41) is 29.4. The molecule has 4 atom stereocenters. The van der Waals surface area contributed by atoms with Gasteiger partial charge in [-0.3, -0.25) is 18.9 Å². The molecule has 0 saturated carbocycles. The quantitative estimate of drug-likeness (QED) is 0.391. The molecule has 1 aliphatic rings. The van der Waals surface area contributed by atoms with Gasteiger partial charge in [-0.2, -0.15) is 0 Å². The summed E-state index contributed by atoms with van der Waals surface area (Å²) in [6.07, 6.45) is -2.31. The number of aliphatic hydroxyl groups excluding tert-OH is 3. The van der Waals surface area contributed by atoms with Crippen LogP contribution in [0.5, 0.6) is 0 Å². The minimum atomic E-state index is -1.44. The van der Waals surface area contributed by atoms with Gasteiger partial charge in [-0.25, -0.2) is 4.79 Å². The van der Waals surface area contributed by atoms with Crippen molar-refractivity contribution in [3.8, 4) is 11.1 Å². The molecule has 0 bridgehead atoms. The third-order valence-corrected chi connectivity index (χ3v) is 5.24. The summed E-state index contributed by atoms with van der Waals surface area (Å²) in [6, 6.07) is 12.0. The van der Waals surface area contributed by atoms with E-state index in [0.29, 0.717) is 11.4 Å². The molecule has 0 radical (unpaired) electrons. The first-order valence-corrected chi connectivity index (χ1v) is 9.64. The van der Waals surface area contributed by atoms with Crippen molar-refractivity contribution in [1.82, 2.24) is 14.1 Å². The van der Waals surface area contributed by atoms with Crippen molar-refractivity contribution in [2.24, 2.45) is 0 Å². The molecule has 1 aliphatic heterocycles. The van der Waals surface area contributed by atoms with Crippen molar-refractivity contribution in [3.63, 3.8) is 0 Å². The third-order valence-electron chi connectivity index (χ3n) is 5.24. The fourth-order valence-corrected chi connectivity index (χ4v) is 3.60. The van der Waals surface area contributed by atoms with E-state index < -0.39 is 42.4 Å². The maximum Gasteiger partial charge on any atom is 0.333 e. The van der Waals surface area contributed by atoms with Gasteiger partial charge in [-0.15, -0.1) is 0 Å². The summed E-state index contributed by atoms with van der Waals surface area (Å²) in [4.78, 5) is 29.6. The molecule has 10 heteroatoms. The summed E-state index contributed by atoms with van der Waals surface area (Å²) in [7, 11) is 0. The molecule has 3 aromatic rings. The number of anilines is 1. The molecule has 1 aromatic carbocycles. The average Bonchev–Trinajstić information content (AvgIpc) is 3.05. The van der Waals surface area contributed by atoms with E-state index in [1.54, 1.807) is 24.4 Å². The lowest BCUT2D eigenvalue weighted by molar-refractivity contribution is -0.0555. The topological polar surface area (TPSA) is 153 Å². The number of nitrogens with zero attached hydrogens (tertiary/aromatic N) is 3. The summed E-state index contributed by atoms with van der Waals surface area (Å²) in [5.41, 5.74) is 7.33. The van der Waals surface area contributed by atoms with E-state index in [1.165, 1.54) is 6.20 Å². The number of hydrogen-bond acceptors (Lipinski definition) is 8. The zero-order chi connectivity index (χ0) is 22.1. The van der Waals surface area contributed by atoms with Gasteiger partial charge in [0.2, 0.25) is 0 Å². The van der Waals surface area contributed by atoms with Gasteiger partial charge in [-0.1, -0.05) is 12.1 Å². The van der Waals surface area contributed by atoms with Gasteiger partial charge in [0.15, 0.2) is 6.23 Å². The minimum absolute atomic E-state index is 0.108. The van der Waals surface area contributed by atoms with E-state index in [0.717, 1.165) is 26.3 Å². The number of ether oxygens (including phenoxy) is 1. The second kappa shape index (κ2) is 8.44. The number of aliphatic hydroxyl groups is 3. The fourth-order valence-electron chi connectivity index (χ4n) is 3.60. The van der Waals surface area contributed by atoms with Gasteiger partial charge in [-0.05, 0) is 35.4 Å². The molecular formula is C21H22N4O6. The van der Waals surface area contributed by atoms with Gasteiger partial charge in [0.05, 0.1) is 18.8 Å². The molecule has 10 nitrogen and oxygen atoms in total. The Morgan fingerprint density at radius 3 is 2.55 bits per heavy atom. The number of rotatable bonds is 5. The Labute approximate surface area is 176 Å². The van der Waals surface area contributed by atoms with E-state index in [9.17, 15) is 24.9 Å². The van der Waals surface area contributed by atoms with Gasteiger partial charge in [0, 0.05) is 24.1 Å². The Bertz CT molecular complexity index is 1210. The van der Waals surface area contributed by atoms with E-state index in [4.69, 9.17) is 10.5 Å². The number of pyridine rings is 1. The Morgan fingerprint density at radius 2 is 1.84 bits per heavy atom. The normalized spacial score (nSPS) is 23.2. The first-order chi connectivity index (χ1) is 14.9. The van der Waals surface area contributed by atoms with E-state index in [-0.39, 0.29) is 6.54 Å². The molecule has 4 unspecified atom stereocenters. The lowest BCUT2D eigenvalue weighted by Crippen LogP contribution is -2.43. The summed E-state index contributed by atoms with van der Waals surface area (Å²) in [5.74, 6) is 0. The van der Waals surface area contributed by atoms with E-state index >= 15 is 0 Å². The zero-order valence-corrected chi connectivity index (χ0v) is 16.4. The highest BCUT2D eigenvalue weighted by Crippen LogP contribution is 2.28. The Kier molecular flexibility index (Phi) is 5.70. The lowest BCUT2D eigenvalue weighted by atomic mass is 10.1. The van der Waals surface area contributed by atoms with Crippen LogP contribution in [-0.2, 0) is 11.3 Å². The predicted octanol–water partition coefficient (Wildman–Crippen LogP) is -0.686. The maximum atomic E-state index is 13.0. The maximum absolute atomic E-state index is 13.0. The fraction of sp³-hybridized carbons (Fsp3) is 0.286. The number of hydrogen-bond donors (Lipinski definition) is 4. The van der Waals surface area contributed by atoms with Crippen molar-refractivity contribution in [3.05, 3.63) is 81.4 Å². The lowest BCUT2D eigenvalue weighted by Gasteiger charge is -2.18. The molecule has 1 saturated heterocycles. The number of nitrogen functional groups attached to an aromatic ring is 1. The molecule has 162 valence electrons. The number of aromatic nitrogens is 3. The molecule has 0 aliphatic carbocycles. The van der Waals surface area contributed by atoms with Gasteiger partial charge < -0.3 is 25.8 Å². The van der Waals surface area contributed by atoms with Crippen LogP contribution in [0.3, 0.4) is 0 Å². The first kappa shape index (κ1) is 20.9. The minimum Gasteiger partial charge on any atom is -0.399 e. The van der Waals surface area contributed by atoms with Crippen LogP contribution in [0.2, 0.25) is 0 Å². The van der Waals surface area contributed by atoms with Crippen LogP contribution in [0, 0.1) is 0 Å². The van der Waals surface area contributed by atoms with Crippen molar-refractivity contribution >= 4 is 5.69 Å². The third kappa shape index (κ3) is 4.01. The number of nitrogens with two attached hydrogens (primary N) is 1. The van der Waals surface area contributed by atoms with Crippen LogP contribution < -0.4 is 17.0 Å². The van der Waals surface area contributed by atoms with Crippen LogP contribution in [0.4, 0.5) is 5.69 Å². The second-order valence-corrected chi connectivity index (χ2v) is 7.32. The monoisotopic (exact) mass is 426 g/mol. The zero-order valence-electron chi connectivity index (χ0n) is 16.4. The Balaban J connectivity index is 1.67. The summed E-state index contributed by atoms with van der Waals surface area (Å²) >= 11 is 0. The highest BCUT2D eigenvalue weighted by molar-refractivity contribution is 5.67. The molecule has 5 N–H and O–H groups in total. The average molecular weight is 426 g/mol. The van der Waals surface area contributed by atoms with E-state index in [1.807, 2.05) is 18.2 Å². The predicted molar refractivity (Wildman–Crippen MR) is 111 cm³/mol. The summed E-state index contributed by atoms with van der Waals surface area (Å²) < 4.78 is 7.38. The highest BCUT2D eigenvalue weighted by Gasteiger charge is 2.43. The SMILES string of the molecule is Nc1cccc(-c2ccnc(Cn3c(=O)ccn(C4OC(CO)C(O)C4O)c3=O)c2)c1. The standard InChI is InChI=1S/C21H22N4O6/c22-14-3-1-2-12(8-14)13-4-6-23-15(9-13)10-25-17(27)5-7-24(21(25)30)20-19(29)18(28)16(11-26)31-20/h1-9,16,18-20,26,28-29H,10-11,22H2. The van der Waals surface area contributed by atoms with Crippen LogP contribution in [0.15, 0.2) is 64.4 Å². The molecule has 1 fully saturated rings. The molecule has 0 amide bonds. The smallest absolute Gasteiger partial charge is 0.333 e. The van der Waals surface area contributed by atoms with E-state index in [2.05, 4.69) is 4.98 Å². The molecule has 3 heterocycles. The Hall–Kier alpha value is -3.31. The van der Waals surface area contributed by atoms with Gasteiger partial charge in [0.25, 0.3) is 5.56 Å². The first-order valence-electron chi connectivity index (χ1n) is 9.64. The van der Waals surface area contributed by atoms with Crippen molar-refractivity contribution in [1.29, 1.82) is 0 Å². The second-order valence-electron chi connectivity index (χ2n) is 7.32. The van der Waals surface area contributed by atoms with Gasteiger partial charge >= 0.3 is 5.69 Å². The molecule has 4 rings (SSSR count). The molecule has 31 heavy (non-hydrogen) atoms. The van der Waals surface area contributed by atoms with Crippen molar-refractivity contribution in [2.45, 2.75) is 31.1 Å². The molecule has 2 aromatic heterocycles. The molecule has 0 spiro atoms. The van der Waals surface area contributed by atoms with Crippen molar-refractivity contribution < 1.29 is 20.1 Å². The number of benzene rings is 1.